The Kier molecular flexibility index (Phi) is 48.7. The standard InChI is InChI=1S/C59H99NO5/c1-4-7-10-13-16-19-22-25-28-31-34-37-40-43-46-49-52-59(64)65-55(50-47-44-41-38-35-32-29-26-23-20-17-14-11-8-5-2)53-58(63)60-56(54-61)57(62)51-48-45-42-39-36-33-30-27-24-21-18-15-12-9-6-3/h7-8,10-11,14,16-17,19-20,23,25-26,28-29,32,35,38,41,55-57,61-62H,4-6,9,12-13,15,18,21-22,24,27,30-31,33-34,36-37,39-40,42-54H2,1-3H3,(H,60,63)/b10-7+,11-8-,17-14+,19-16+,23-20+,28-25+,29-26-,35-32+,41-38+. The molecule has 1 amide bonds. The van der Waals surface area contributed by atoms with Crippen molar-refractivity contribution in [3.8, 4) is 0 Å². The molecular formula is C59H99NO5. The van der Waals surface area contributed by atoms with Gasteiger partial charge in [0.15, 0.2) is 0 Å². The summed E-state index contributed by atoms with van der Waals surface area (Å²) in [6.07, 6.45) is 70.1. The number of unbranched alkanes of at least 4 members (excludes halogenated alkanes) is 21. The van der Waals surface area contributed by atoms with Crippen LogP contribution in [0.15, 0.2) is 109 Å². The number of nitrogens with one attached hydrogen (secondary N) is 1. The highest BCUT2D eigenvalue weighted by atomic mass is 16.5. The normalized spacial score (nSPS) is 14.1. The summed E-state index contributed by atoms with van der Waals surface area (Å²) in [6, 6.07) is -0.736. The van der Waals surface area contributed by atoms with Crippen molar-refractivity contribution in [1.82, 2.24) is 5.32 Å². The van der Waals surface area contributed by atoms with Crippen LogP contribution in [0.5, 0.6) is 0 Å². The zero-order valence-electron chi connectivity index (χ0n) is 42.1. The number of carbonyl (C=O) groups excluding carboxylic acids is 2. The summed E-state index contributed by atoms with van der Waals surface area (Å²) in [4.78, 5) is 26.2. The maximum atomic E-state index is 13.2. The van der Waals surface area contributed by atoms with Crippen LogP contribution in [0.4, 0.5) is 0 Å². The van der Waals surface area contributed by atoms with Gasteiger partial charge in [-0.2, -0.15) is 0 Å². The third-order valence-electron chi connectivity index (χ3n) is 11.5. The molecule has 6 heteroatoms. The highest BCUT2D eigenvalue weighted by Crippen LogP contribution is 2.17. The van der Waals surface area contributed by atoms with Gasteiger partial charge in [0.05, 0.1) is 25.2 Å². The summed E-state index contributed by atoms with van der Waals surface area (Å²) >= 11 is 0. The van der Waals surface area contributed by atoms with E-state index in [2.05, 4.69) is 74.7 Å². The molecule has 0 spiro atoms. The number of carbonyl (C=O) groups is 2. The first-order chi connectivity index (χ1) is 32.0. The number of allylic oxidation sites excluding steroid dienone is 18. The lowest BCUT2D eigenvalue weighted by Gasteiger charge is -2.24. The van der Waals surface area contributed by atoms with Crippen molar-refractivity contribution in [3.63, 3.8) is 0 Å². The van der Waals surface area contributed by atoms with Gasteiger partial charge in [0, 0.05) is 6.42 Å². The Balaban J connectivity index is 4.73. The second kappa shape index (κ2) is 51.5. The average molecular weight is 902 g/mol. The van der Waals surface area contributed by atoms with Crippen molar-refractivity contribution in [2.24, 2.45) is 0 Å². The molecule has 0 aromatic carbocycles. The molecular weight excluding hydrogens is 803 g/mol. The molecule has 3 unspecified atom stereocenters. The van der Waals surface area contributed by atoms with E-state index < -0.39 is 18.2 Å². The number of esters is 1. The predicted octanol–water partition coefficient (Wildman–Crippen LogP) is 16.3. The zero-order chi connectivity index (χ0) is 47.4. The van der Waals surface area contributed by atoms with Crippen molar-refractivity contribution in [2.45, 2.75) is 244 Å². The minimum atomic E-state index is -0.817. The third kappa shape index (κ3) is 46.8. The first-order valence-electron chi connectivity index (χ1n) is 26.7. The highest BCUT2D eigenvalue weighted by Gasteiger charge is 2.24. The summed E-state index contributed by atoms with van der Waals surface area (Å²) in [5.41, 5.74) is 0. The van der Waals surface area contributed by atoms with E-state index in [4.69, 9.17) is 4.74 Å². The van der Waals surface area contributed by atoms with Crippen LogP contribution < -0.4 is 5.32 Å². The second-order valence-electron chi connectivity index (χ2n) is 17.7. The van der Waals surface area contributed by atoms with Crippen molar-refractivity contribution < 1.29 is 24.5 Å². The molecule has 6 nitrogen and oxygen atoms in total. The van der Waals surface area contributed by atoms with Crippen LogP contribution in [-0.4, -0.2) is 46.9 Å². The topological polar surface area (TPSA) is 95.9 Å². The summed E-state index contributed by atoms with van der Waals surface area (Å²) in [5.74, 6) is -0.571. The molecule has 0 fully saturated rings. The van der Waals surface area contributed by atoms with Gasteiger partial charge in [-0.05, 0) is 70.6 Å². The summed E-state index contributed by atoms with van der Waals surface area (Å²) in [6.45, 7) is 6.20. The third-order valence-corrected chi connectivity index (χ3v) is 11.5. The lowest BCUT2D eigenvalue weighted by molar-refractivity contribution is -0.151. The largest absolute Gasteiger partial charge is 0.462 e. The van der Waals surface area contributed by atoms with E-state index in [1.54, 1.807) is 0 Å². The van der Waals surface area contributed by atoms with Gasteiger partial charge in [0.1, 0.15) is 6.10 Å². The van der Waals surface area contributed by atoms with E-state index in [0.29, 0.717) is 19.3 Å². The van der Waals surface area contributed by atoms with Crippen molar-refractivity contribution in [2.75, 3.05) is 6.61 Å². The van der Waals surface area contributed by atoms with Crippen molar-refractivity contribution in [1.29, 1.82) is 0 Å². The van der Waals surface area contributed by atoms with Gasteiger partial charge in [0.2, 0.25) is 5.91 Å². The van der Waals surface area contributed by atoms with E-state index in [1.807, 2.05) is 60.8 Å². The number of aliphatic hydroxyl groups excluding tert-OH is 2. The van der Waals surface area contributed by atoms with E-state index >= 15 is 0 Å². The minimum absolute atomic E-state index is 0.0148. The lowest BCUT2D eigenvalue weighted by atomic mass is 10.0. The molecule has 0 saturated carbocycles. The van der Waals surface area contributed by atoms with Gasteiger partial charge in [0.25, 0.3) is 0 Å². The maximum Gasteiger partial charge on any atom is 0.306 e. The summed E-state index contributed by atoms with van der Waals surface area (Å²) < 4.78 is 5.90. The molecule has 65 heavy (non-hydrogen) atoms. The van der Waals surface area contributed by atoms with Crippen LogP contribution in [0.25, 0.3) is 0 Å². The zero-order valence-corrected chi connectivity index (χ0v) is 42.1. The monoisotopic (exact) mass is 902 g/mol. The molecule has 3 atom stereocenters. The number of hydrogen-bond acceptors (Lipinski definition) is 5. The second-order valence-corrected chi connectivity index (χ2v) is 17.7. The SMILES string of the molecule is CC\C=C/C=C/C=C/C=C\C=C\C=C\CCCC(CC(=O)NC(CO)C(O)CCCCCCCCCCCCCCCCC)OC(=O)CCCCCCCC/C=C/C/C=C/C/C=C/CC. The molecule has 0 radical (unpaired) electrons. The predicted molar refractivity (Wildman–Crippen MR) is 282 cm³/mol. The van der Waals surface area contributed by atoms with Gasteiger partial charge in [-0.25, -0.2) is 0 Å². The number of amides is 1. The van der Waals surface area contributed by atoms with Gasteiger partial charge >= 0.3 is 5.97 Å². The van der Waals surface area contributed by atoms with E-state index in [9.17, 15) is 19.8 Å². The fraction of sp³-hybridized carbons (Fsp3) is 0.661. The molecule has 0 aliphatic carbocycles. The molecule has 0 heterocycles. The highest BCUT2D eigenvalue weighted by molar-refractivity contribution is 5.77. The van der Waals surface area contributed by atoms with Gasteiger partial charge < -0.3 is 20.3 Å². The van der Waals surface area contributed by atoms with Gasteiger partial charge in [-0.1, -0.05) is 252 Å². The molecule has 370 valence electrons. The average Bonchev–Trinajstić information content (AvgIpc) is 3.30. The minimum Gasteiger partial charge on any atom is -0.462 e. The van der Waals surface area contributed by atoms with Gasteiger partial charge in [-0.15, -0.1) is 0 Å². The molecule has 0 aromatic heterocycles. The van der Waals surface area contributed by atoms with Gasteiger partial charge in [-0.3, -0.25) is 9.59 Å². The van der Waals surface area contributed by atoms with Crippen LogP contribution in [-0.2, 0) is 14.3 Å². The van der Waals surface area contributed by atoms with E-state index in [-0.39, 0.29) is 24.9 Å². The Bertz CT molecular complexity index is 1330. The quantitative estimate of drug-likeness (QED) is 0.0245. The fourth-order valence-corrected chi connectivity index (χ4v) is 7.54. The van der Waals surface area contributed by atoms with Crippen LogP contribution in [0.3, 0.4) is 0 Å². The van der Waals surface area contributed by atoms with Crippen LogP contribution in [0.1, 0.15) is 226 Å². The summed E-state index contributed by atoms with van der Waals surface area (Å²) in [7, 11) is 0. The first-order valence-corrected chi connectivity index (χ1v) is 26.7. The Morgan fingerprint density at radius 1 is 0.477 bits per heavy atom. The lowest BCUT2D eigenvalue weighted by Crippen LogP contribution is -2.46. The molecule has 0 rings (SSSR count). The van der Waals surface area contributed by atoms with Crippen molar-refractivity contribution in [3.05, 3.63) is 109 Å². The Hall–Kier alpha value is -3.48. The smallest absolute Gasteiger partial charge is 0.306 e. The van der Waals surface area contributed by atoms with Crippen LogP contribution in [0.2, 0.25) is 0 Å². The molecule has 0 aliphatic rings. The molecule has 0 bridgehead atoms. The molecule has 0 saturated heterocycles. The van der Waals surface area contributed by atoms with E-state index in [0.717, 1.165) is 89.9 Å². The van der Waals surface area contributed by atoms with Crippen LogP contribution in [0, 0.1) is 0 Å². The number of hydrogen-bond donors (Lipinski definition) is 3. The van der Waals surface area contributed by atoms with E-state index in [1.165, 1.54) is 89.9 Å². The Labute approximate surface area is 400 Å². The first kappa shape index (κ1) is 61.5. The Morgan fingerprint density at radius 2 is 0.923 bits per heavy atom. The fourth-order valence-electron chi connectivity index (χ4n) is 7.54. The number of ether oxygens (including phenoxy) is 1. The maximum absolute atomic E-state index is 13.2. The Morgan fingerprint density at radius 3 is 1.46 bits per heavy atom. The number of aliphatic hydroxyl groups is 2. The number of rotatable bonds is 46. The molecule has 0 aliphatic heterocycles. The summed E-state index contributed by atoms with van der Waals surface area (Å²) in [5, 5.41) is 23.8. The molecule has 3 N–H and O–H groups in total. The van der Waals surface area contributed by atoms with Crippen molar-refractivity contribution >= 4 is 11.9 Å². The molecule has 0 aromatic rings. The van der Waals surface area contributed by atoms with Crippen LogP contribution >= 0.6 is 0 Å².